The second-order valence-electron chi connectivity index (χ2n) is 5.83. The van der Waals surface area contributed by atoms with Gasteiger partial charge in [0.2, 0.25) is 5.91 Å². The van der Waals surface area contributed by atoms with Crippen molar-refractivity contribution in [2.45, 2.75) is 6.10 Å². The third-order valence-corrected chi connectivity index (χ3v) is 4.11. The van der Waals surface area contributed by atoms with Crippen molar-refractivity contribution in [2.24, 2.45) is 12.0 Å². The number of ether oxygens (including phenoxy) is 2. The van der Waals surface area contributed by atoms with Gasteiger partial charge in [0.05, 0.1) is 37.8 Å². The lowest BCUT2D eigenvalue weighted by Crippen LogP contribution is -2.56. The topological polar surface area (TPSA) is 84.2 Å². The van der Waals surface area contributed by atoms with Crippen LogP contribution in [0.3, 0.4) is 0 Å². The molecule has 1 amide bonds. The van der Waals surface area contributed by atoms with Gasteiger partial charge in [-0.05, 0) is 0 Å². The molecule has 25 heavy (non-hydrogen) atoms. The van der Waals surface area contributed by atoms with Crippen molar-refractivity contribution in [3.05, 3.63) is 12.4 Å². The summed E-state index contributed by atoms with van der Waals surface area (Å²) in [5, 5.41) is 7.40. The number of carbonyl (C=O) groups excluding carboxylic acids is 1. The molecule has 1 N–H and O–H groups in total. The lowest BCUT2D eigenvalue weighted by Gasteiger charge is -2.36. The standard InChI is InChI=1S/C15H24N6O3.HI/c1-16-15(17-8-13-11-23-5-6-24-13)20-3-4-21(14(22)10-20)12-7-18-19(2)9-12;/h7,9,13H,3-6,8,10-11H2,1-2H3,(H,16,17);1H. The normalized spacial score (nSPS) is 21.9. The third-order valence-electron chi connectivity index (χ3n) is 4.11. The molecule has 10 heteroatoms. The number of nitrogens with one attached hydrogen (secondary N) is 1. The van der Waals surface area contributed by atoms with Gasteiger partial charge in [-0.2, -0.15) is 5.10 Å². The van der Waals surface area contributed by atoms with Crippen molar-refractivity contribution in [1.82, 2.24) is 20.0 Å². The minimum atomic E-state index is 0. The first-order valence-corrected chi connectivity index (χ1v) is 8.11. The van der Waals surface area contributed by atoms with E-state index in [9.17, 15) is 4.79 Å². The van der Waals surface area contributed by atoms with E-state index in [2.05, 4.69) is 15.4 Å². The third kappa shape index (κ3) is 5.05. The maximum absolute atomic E-state index is 12.5. The van der Waals surface area contributed by atoms with Gasteiger partial charge in [0.1, 0.15) is 6.54 Å². The zero-order valence-corrected chi connectivity index (χ0v) is 16.9. The van der Waals surface area contributed by atoms with E-state index in [1.807, 2.05) is 18.1 Å². The lowest BCUT2D eigenvalue weighted by molar-refractivity contribution is -0.120. The molecule has 2 aliphatic rings. The molecule has 1 unspecified atom stereocenters. The Morgan fingerprint density at radius 1 is 1.44 bits per heavy atom. The molecular formula is C15H25IN6O3. The largest absolute Gasteiger partial charge is 0.376 e. The molecule has 3 heterocycles. The first kappa shape index (κ1) is 19.9. The number of hydrogen-bond donors (Lipinski definition) is 1. The van der Waals surface area contributed by atoms with Crippen molar-refractivity contribution < 1.29 is 14.3 Å². The van der Waals surface area contributed by atoms with E-state index in [1.165, 1.54) is 0 Å². The number of anilines is 1. The Balaban J connectivity index is 0.00000225. The molecule has 140 valence electrons. The second kappa shape index (κ2) is 9.34. The number of rotatable bonds is 3. The molecule has 0 aliphatic carbocycles. The molecule has 0 aromatic carbocycles. The number of nitrogens with zero attached hydrogens (tertiary/aromatic N) is 5. The number of piperazine rings is 1. The quantitative estimate of drug-likeness (QED) is 0.375. The van der Waals surface area contributed by atoms with Crippen molar-refractivity contribution in [1.29, 1.82) is 0 Å². The van der Waals surface area contributed by atoms with Crippen LogP contribution in [0.25, 0.3) is 0 Å². The monoisotopic (exact) mass is 464 g/mol. The minimum Gasteiger partial charge on any atom is -0.376 e. The van der Waals surface area contributed by atoms with E-state index in [-0.39, 0.29) is 42.5 Å². The molecule has 0 bridgehead atoms. The molecule has 9 nitrogen and oxygen atoms in total. The van der Waals surface area contributed by atoms with Crippen molar-refractivity contribution in [3.63, 3.8) is 0 Å². The Morgan fingerprint density at radius 3 is 2.88 bits per heavy atom. The van der Waals surface area contributed by atoms with Crippen LogP contribution in [0.1, 0.15) is 0 Å². The molecule has 0 radical (unpaired) electrons. The summed E-state index contributed by atoms with van der Waals surface area (Å²) < 4.78 is 12.7. The molecule has 0 spiro atoms. The second-order valence-corrected chi connectivity index (χ2v) is 5.83. The minimum absolute atomic E-state index is 0. The van der Waals surface area contributed by atoms with E-state index in [1.54, 1.807) is 22.8 Å². The molecule has 1 aromatic heterocycles. The Hall–Kier alpha value is -1.40. The predicted octanol–water partition coefficient (Wildman–Crippen LogP) is -0.322. The molecule has 2 fully saturated rings. The Labute approximate surface area is 164 Å². The number of amides is 1. The summed E-state index contributed by atoms with van der Waals surface area (Å²) in [6, 6.07) is 0. The van der Waals surface area contributed by atoms with Crippen LogP contribution >= 0.6 is 24.0 Å². The van der Waals surface area contributed by atoms with Crippen LogP contribution in [0.2, 0.25) is 0 Å². The van der Waals surface area contributed by atoms with Gasteiger partial charge in [0, 0.05) is 39.9 Å². The van der Waals surface area contributed by atoms with Crippen molar-refractivity contribution in [2.75, 3.05) is 57.9 Å². The van der Waals surface area contributed by atoms with Gasteiger partial charge in [-0.1, -0.05) is 0 Å². The maximum Gasteiger partial charge on any atom is 0.246 e. The molecule has 1 atom stereocenters. The highest BCUT2D eigenvalue weighted by Gasteiger charge is 2.28. The van der Waals surface area contributed by atoms with Gasteiger partial charge in [0.25, 0.3) is 0 Å². The smallest absolute Gasteiger partial charge is 0.246 e. The van der Waals surface area contributed by atoms with E-state index in [4.69, 9.17) is 9.47 Å². The summed E-state index contributed by atoms with van der Waals surface area (Å²) in [7, 11) is 3.56. The fourth-order valence-electron chi connectivity index (χ4n) is 2.87. The SMILES string of the molecule is CN=C(NCC1COCCO1)N1CCN(c2cnn(C)c2)C(=O)C1.I. The molecule has 1 aromatic rings. The highest BCUT2D eigenvalue weighted by molar-refractivity contribution is 14.0. The molecule has 3 rings (SSSR count). The fraction of sp³-hybridized carbons (Fsp3) is 0.667. The van der Waals surface area contributed by atoms with Crippen molar-refractivity contribution in [3.8, 4) is 0 Å². The van der Waals surface area contributed by atoms with Crippen LogP contribution in [-0.2, 0) is 21.3 Å². The average molecular weight is 464 g/mol. The highest BCUT2D eigenvalue weighted by Crippen LogP contribution is 2.16. The number of aryl methyl sites for hydroxylation is 1. The predicted molar refractivity (Wildman–Crippen MR) is 104 cm³/mol. The van der Waals surface area contributed by atoms with E-state index in [0.717, 1.165) is 5.69 Å². The molecular weight excluding hydrogens is 439 g/mol. The number of aromatic nitrogens is 2. The van der Waals surface area contributed by atoms with E-state index < -0.39 is 0 Å². The Bertz CT molecular complexity index is 602. The molecule has 2 aliphatic heterocycles. The first-order valence-electron chi connectivity index (χ1n) is 8.11. The number of hydrogen-bond acceptors (Lipinski definition) is 5. The molecule has 0 saturated carbocycles. The van der Waals surface area contributed by atoms with Crippen LogP contribution in [0.4, 0.5) is 5.69 Å². The zero-order chi connectivity index (χ0) is 16.9. The van der Waals surface area contributed by atoms with E-state index >= 15 is 0 Å². The van der Waals surface area contributed by atoms with Crippen LogP contribution in [0.15, 0.2) is 17.4 Å². The average Bonchev–Trinajstić information content (AvgIpc) is 3.02. The van der Waals surface area contributed by atoms with Gasteiger partial charge < -0.3 is 24.6 Å². The van der Waals surface area contributed by atoms with Crippen LogP contribution < -0.4 is 10.2 Å². The summed E-state index contributed by atoms with van der Waals surface area (Å²) in [4.78, 5) is 20.5. The van der Waals surface area contributed by atoms with Gasteiger partial charge in [-0.25, -0.2) is 0 Å². The highest BCUT2D eigenvalue weighted by atomic mass is 127. The number of halogens is 1. The van der Waals surface area contributed by atoms with Crippen LogP contribution in [-0.4, -0.2) is 85.7 Å². The summed E-state index contributed by atoms with van der Waals surface area (Å²) in [5.41, 5.74) is 0.831. The maximum atomic E-state index is 12.5. The van der Waals surface area contributed by atoms with E-state index in [0.29, 0.717) is 45.4 Å². The zero-order valence-electron chi connectivity index (χ0n) is 14.6. The number of aliphatic imine (C=N–C) groups is 1. The van der Waals surface area contributed by atoms with Crippen LogP contribution in [0.5, 0.6) is 0 Å². The molecule has 2 saturated heterocycles. The fourth-order valence-corrected chi connectivity index (χ4v) is 2.87. The number of guanidine groups is 1. The number of carbonyl (C=O) groups is 1. The Kier molecular flexibility index (Phi) is 7.44. The summed E-state index contributed by atoms with van der Waals surface area (Å²) >= 11 is 0. The summed E-state index contributed by atoms with van der Waals surface area (Å²) in [5.74, 6) is 0.748. The Morgan fingerprint density at radius 2 is 2.28 bits per heavy atom. The van der Waals surface area contributed by atoms with Gasteiger partial charge in [-0.3, -0.25) is 14.5 Å². The summed E-state index contributed by atoms with van der Waals surface area (Å²) in [6.07, 6.45) is 3.57. The lowest BCUT2D eigenvalue weighted by atomic mass is 10.3. The van der Waals surface area contributed by atoms with Crippen LogP contribution in [0, 0.1) is 0 Å². The first-order chi connectivity index (χ1) is 11.7. The van der Waals surface area contributed by atoms with Crippen molar-refractivity contribution >= 4 is 41.5 Å². The van der Waals surface area contributed by atoms with Gasteiger partial charge in [0.15, 0.2) is 5.96 Å². The van der Waals surface area contributed by atoms with Gasteiger partial charge in [-0.15, -0.1) is 24.0 Å². The summed E-state index contributed by atoms with van der Waals surface area (Å²) in [6.45, 7) is 4.07. The van der Waals surface area contributed by atoms with Gasteiger partial charge >= 0.3 is 0 Å².